The van der Waals surface area contributed by atoms with Crippen molar-refractivity contribution in [3.05, 3.63) is 53.6 Å². The predicted octanol–water partition coefficient (Wildman–Crippen LogP) is -0.205. The van der Waals surface area contributed by atoms with Gasteiger partial charge in [-0.1, -0.05) is 18.2 Å². The van der Waals surface area contributed by atoms with Gasteiger partial charge in [0.2, 0.25) is 0 Å². The summed E-state index contributed by atoms with van der Waals surface area (Å²) >= 11 is 0. The number of phenols is 1. The van der Waals surface area contributed by atoms with Crippen molar-refractivity contribution in [3.63, 3.8) is 0 Å². The normalized spacial score (nSPS) is 12.9. The van der Waals surface area contributed by atoms with E-state index >= 15 is 0 Å². The monoisotopic (exact) mass is 420 g/mol. The summed E-state index contributed by atoms with van der Waals surface area (Å²) in [5.74, 6) is -0.00546. The number of nitrogens with two attached hydrogens (primary N) is 1. The van der Waals surface area contributed by atoms with Gasteiger partial charge in [0.15, 0.2) is 0 Å². The van der Waals surface area contributed by atoms with E-state index in [0.717, 1.165) is 5.56 Å². The highest BCUT2D eigenvalue weighted by Crippen LogP contribution is 2.22. The number of amides is 1. The minimum atomic E-state index is -0.867. The number of hydrogen-bond donors (Lipinski definition) is 6. The fraction of sp³-hybridized carbons (Fsp3) is 0.381. The molecule has 2 unspecified atom stereocenters. The van der Waals surface area contributed by atoms with Crippen LogP contribution in [0.25, 0.3) is 0 Å². The molecule has 0 saturated heterocycles. The lowest BCUT2D eigenvalue weighted by Crippen LogP contribution is -2.33. The summed E-state index contributed by atoms with van der Waals surface area (Å²) in [6.07, 6.45) is -1.38. The molecule has 0 spiro atoms. The molecule has 1 amide bonds. The van der Waals surface area contributed by atoms with Gasteiger partial charge in [0, 0.05) is 19.5 Å². The second-order valence-corrected chi connectivity index (χ2v) is 6.71. The Hall–Kier alpha value is -2.85. The number of ether oxygens (including phenoxy) is 2. The zero-order chi connectivity index (χ0) is 21.9. The highest BCUT2D eigenvalue weighted by Gasteiger charge is 2.12. The first-order chi connectivity index (χ1) is 14.4. The third-order valence-corrected chi connectivity index (χ3v) is 4.23. The Bertz CT molecular complexity index is 816. The van der Waals surface area contributed by atoms with Crippen LogP contribution in [0.15, 0.2) is 42.5 Å². The summed E-state index contributed by atoms with van der Waals surface area (Å²) in [4.78, 5) is 11.2. The van der Waals surface area contributed by atoms with Gasteiger partial charge in [-0.25, -0.2) is 0 Å². The zero-order valence-corrected chi connectivity index (χ0v) is 16.5. The molecule has 0 saturated carbocycles. The number of aliphatic hydroxyl groups excluding tert-OH is 3. The Labute approximate surface area is 174 Å². The molecule has 0 fully saturated rings. The van der Waals surface area contributed by atoms with Crippen molar-refractivity contribution in [2.75, 3.05) is 32.9 Å². The Morgan fingerprint density at radius 3 is 2.60 bits per heavy atom. The van der Waals surface area contributed by atoms with Crippen LogP contribution in [0.3, 0.4) is 0 Å². The van der Waals surface area contributed by atoms with Gasteiger partial charge in [0.05, 0.1) is 18.3 Å². The Balaban J connectivity index is 1.69. The lowest BCUT2D eigenvalue weighted by molar-refractivity contribution is 0.0914. The average molecular weight is 420 g/mol. The number of hydrogen-bond acceptors (Lipinski definition) is 8. The van der Waals surface area contributed by atoms with Crippen molar-refractivity contribution >= 4 is 5.91 Å². The maximum Gasteiger partial charge on any atom is 0.252 e. The van der Waals surface area contributed by atoms with Crippen molar-refractivity contribution in [1.29, 1.82) is 0 Å². The second kappa shape index (κ2) is 12.0. The molecule has 0 heterocycles. The standard InChI is InChI=1S/C21H28N2O7/c22-21(28)18-10-17(5-6-19(18)27)29-8-7-23-11-16(26)13-30-20-4-2-1-3-14(20)9-15(25)12-24/h1-6,10,15-16,23-27H,7-9,11-13H2,(H2,22,28). The van der Waals surface area contributed by atoms with Crippen molar-refractivity contribution in [2.24, 2.45) is 5.73 Å². The van der Waals surface area contributed by atoms with Crippen LogP contribution in [0.4, 0.5) is 0 Å². The van der Waals surface area contributed by atoms with Gasteiger partial charge in [0.1, 0.15) is 36.6 Å². The summed E-state index contributed by atoms with van der Waals surface area (Å²) in [6.45, 7) is 0.700. The van der Waals surface area contributed by atoms with Crippen LogP contribution in [0, 0.1) is 0 Å². The van der Waals surface area contributed by atoms with Crippen molar-refractivity contribution in [3.8, 4) is 17.2 Å². The van der Waals surface area contributed by atoms with Crippen LogP contribution in [0.1, 0.15) is 15.9 Å². The van der Waals surface area contributed by atoms with E-state index in [9.17, 15) is 20.1 Å². The Morgan fingerprint density at radius 2 is 1.87 bits per heavy atom. The number of aliphatic hydroxyl groups is 3. The van der Waals surface area contributed by atoms with Crippen molar-refractivity contribution in [2.45, 2.75) is 18.6 Å². The number of carbonyl (C=O) groups excluding carboxylic acids is 1. The number of aromatic hydroxyl groups is 1. The highest BCUT2D eigenvalue weighted by atomic mass is 16.5. The first-order valence-electron chi connectivity index (χ1n) is 9.54. The molecule has 0 bridgehead atoms. The van der Waals surface area contributed by atoms with E-state index in [1.54, 1.807) is 18.2 Å². The van der Waals surface area contributed by atoms with Crippen LogP contribution in [-0.4, -0.2) is 71.5 Å². The largest absolute Gasteiger partial charge is 0.507 e. The summed E-state index contributed by atoms with van der Waals surface area (Å²) < 4.78 is 11.1. The van der Waals surface area contributed by atoms with Crippen LogP contribution >= 0.6 is 0 Å². The molecule has 2 rings (SSSR count). The van der Waals surface area contributed by atoms with Crippen molar-refractivity contribution in [1.82, 2.24) is 5.32 Å². The molecule has 0 radical (unpaired) electrons. The first-order valence-corrected chi connectivity index (χ1v) is 9.54. The Kier molecular flexibility index (Phi) is 9.36. The van der Waals surface area contributed by atoms with E-state index in [4.69, 9.17) is 20.3 Å². The molecular formula is C21H28N2O7. The molecule has 0 aliphatic heterocycles. The molecule has 164 valence electrons. The minimum absolute atomic E-state index is 0.0141. The van der Waals surface area contributed by atoms with Gasteiger partial charge in [-0.3, -0.25) is 4.79 Å². The molecule has 30 heavy (non-hydrogen) atoms. The lowest BCUT2D eigenvalue weighted by atomic mass is 10.1. The molecule has 0 aliphatic rings. The predicted molar refractivity (Wildman–Crippen MR) is 110 cm³/mol. The first kappa shape index (κ1) is 23.4. The quantitative estimate of drug-likeness (QED) is 0.243. The van der Waals surface area contributed by atoms with E-state index < -0.39 is 18.1 Å². The number of nitrogens with one attached hydrogen (secondary N) is 1. The molecule has 2 aromatic rings. The van der Waals surface area contributed by atoms with Gasteiger partial charge in [0.25, 0.3) is 5.91 Å². The summed E-state index contributed by atoms with van der Waals surface area (Å²) in [7, 11) is 0. The molecule has 0 aromatic heterocycles. The molecule has 0 aliphatic carbocycles. The molecule has 9 nitrogen and oxygen atoms in total. The average Bonchev–Trinajstić information content (AvgIpc) is 2.73. The highest BCUT2D eigenvalue weighted by molar-refractivity contribution is 5.95. The molecule has 2 atom stereocenters. The second-order valence-electron chi connectivity index (χ2n) is 6.71. The van der Waals surface area contributed by atoms with Crippen LogP contribution in [-0.2, 0) is 6.42 Å². The fourth-order valence-corrected chi connectivity index (χ4v) is 2.69. The molecule has 2 aromatic carbocycles. The maximum atomic E-state index is 11.2. The van der Waals surface area contributed by atoms with E-state index in [2.05, 4.69) is 5.32 Å². The third-order valence-electron chi connectivity index (χ3n) is 4.23. The topological polar surface area (TPSA) is 154 Å². The van der Waals surface area contributed by atoms with E-state index in [1.165, 1.54) is 18.2 Å². The number of benzene rings is 2. The summed E-state index contributed by atoms with van der Waals surface area (Å²) in [6, 6.07) is 11.4. The number of primary amides is 1. The molecule has 7 N–H and O–H groups in total. The summed E-state index contributed by atoms with van der Waals surface area (Å²) in [5, 5.41) is 41.2. The fourth-order valence-electron chi connectivity index (χ4n) is 2.69. The van der Waals surface area contributed by atoms with E-state index in [1.807, 2.05) is 6.07 Å². The Morgan fingerprint density at radius 1 is 1.10 bits per heavy atom. The number of para-hydroxylation sites is 1. The smallest absolute Gasteiger partial charge is 0.252 e. The minimum Gasteiger partial charge on any atom is -0.507 e. The maximum absolute atomic E-state index is 11.2. The van der Waals surface area contributed by atoms with Gasteiger partial charge < -0.3 is 41.0 Å². The van der Waals surface area contributed by atoms with Gasteiger partial charge >= 0.3 is 0 Å². The number of rotatable bonds is 13. The van der Waals surface area contributed by atoms with Gasteiger partial charge in [-0.05, 0) is 29.8 Å². The van der Waals surface area contributed by atoms with Crippen LogP contribution in [0.2, 0.25) is 0 Å². The van der Waals surface area contributed by atoms with Crippen LogP contribution in [0.5, 0.6) is 17.2 Å². The van der Waals surface area contributed by atoms with Crippen LogP contribution < -0.4 is 20.5 Å². The van der Waals surface area contributed by atoms with E-state index in [0.29, 0.717) is 18.0 Å². The molecular weight excluding hydrogens is 392 g/mol. The van der Waals surface area contributed by atoms with E-state index in [-0.39, 0.29) is 44.1 Å². The SMILES string of the molecule is NC(=O)c1cc(OCCNCC(O)COc2ccccc2CC(O)CO)ccc1O. The van der Waals surface area contributed by atoms with Gasteiger partial charge in [-0.2, -0.15) is 0 Å². The third kappa shape index (κ3) is 7.53. The van der Waals surface area contributed by atoms with Crippen molar-refractivity contribution < 1.29 is 34.7 Å². The summed E-state index contributed by atoms with van der Waals surface area (Å²) in [5.41, 5.74) is 5.91. The number of carbonyl (C=O) groups is 1. The lowest BCUT2D eigenvalue weighted by Gasteiger charge is -2.16. The van der Waals surface area contributed by atoms with Gasteiger partial charge in [-0.15, -0.1) is 0 Å². The zero-order valence-electron chi connectivity index (χ0n) is 16.5. The molecule has 9 heteroatoms.